The summed E-state index contributed by atoms with van der Waals surface area (Å²) in [5.41, 5.74) is 0.519. The highest BCUT2D eigenvalue weighted by molar-refractivity contribution is 9.10. The third-order valence-electron chi connectivity index (χ3n) is 3.49. The summed E-state index contributed by atoms with van der Waals surface area (Å²) in [5.74, 6) is -0.268. The molecule has 9 heteroatoms. The van der Waals surface area contributed by atoms with E-state index in [2.05, 4.69) is 21.2 Å². The van der Waals surface area contributed by atoms with Crippen LogP contribution in [0.25, 0.3) is 6.08 Å². The predicted molar refractivity (Wildman–Crippen MR) is 97.6 cm³/mol. The third-order valence-corrected chi connectivity index (χ3v) is 3.92. The molecule has 1 aliphatic heterocycles. The molecule has 0 aliphatic carbocycles. The van der Waals surface area contributed by atoms with Crippen LogP contribution in [0.15, 0.2) is 39.4 Å². The second-order valence-corrected chi connectivity index (χ2v) is 6.22. The zero-order valence-electron chi connectivity index (χ0n) is 14.1. The van der Waals surface area contributed by atoms with Crippen LogP contribution in [0.1, 0.15) is 23.0 Å². The summed E-state index contributed by atoms with van der Waals surface area (Å²) in [6.45, 7) is 0.891. The van der Waals surface area contributed by atoms with Crippen molar-refractivity contribution in [2.24, 2.45) is 0 Å². The fourth-order valence-electron chi connectivity index (χ4n) is 2.28. The lowest BCUT2D eigenvalue weighted by Crippen LogP contribution is -2.21. The molecule has 3 rings (SSSR count). The molecule has 1 aromatic heterocycles. The SMILES string of the molecule is CC(=O)c1cc2c(cc1NC(=O)COC(=O)/C=C/c1ccc(Br)o1)OCO2. The molecule has 0 radical (unpaired) electrons. The lowest BCUT2D eigenvalue weighted by atomic mass is 10.1. The number of carbonyl (C=O) groups excluding carboxylic acids is 3. The average Bonchev–Trinajstić information content (AvgIpc) is 3.25. The van der Waals surface area contributed by atoms with Crippen molar-refractivity contribution in [3.63, 3.8) is 0 Å². The first-order chi connectivity index (χ1) is 12.9. The Hall–Kier alpha value is -3.07. The van der Waals surface area contributed by atoms with Crippen LogP contribution in [0, 0.1) is 0 Å². The number of Topliss-reactive ketones (excluding diaryl/α,β-unsaturated/α-hetero) is 1. The molecule has 1 N–H and O–H groups in total. The molecule has 0 saturated carbocycles. The summed E-state index contributed by atoms with van der Waals surface area (Å²) in [6.07, 6.45) is 2.55. The predicted octanol–water partition coefficient (Wildman–Crippen LogP) is 3.17. The monoisotopic (exact) mass is 435 g/mol. The van der Waals surface area contributed by atoms with Crippen LogP contribution in [0.5, 0.6) is 11.5 Å². The number of anilines is 1. The number of hydrogen-bond donors (Lipinski definition) is 1. The van der Waals surface area contributed by atoms with E-state index in [1.54, 1.807) is 12.1 Å². The maximum Gasteiger partial charge on any atom is 0.331 e. The summed E-state index contributed by atoms with van der Waals surface area (Å²) in [6, 6.07) is 6.32. The van der Waals surface area contributed by atoms with Crippen molar-refractivity contribution >= 4 is 45.4 Å². The second-order valence-electron chi connectivity index (χ2n) is 5.44. The Morgan fingerprint density at radius 3 is 2.63 bits per heavy atom. The molecule has 8 nitrogen and oxygen atoms in total. The maximum absolute atomic E-state index is 12.0. The Balaban J connectivity index is 1.58. The molecular formula is C18H14BrNO7. The summed E-state index contributed by atoms with van der Waals surface area (Å²) < 4.78 is 21.0. The number of ether oxygens (including phenoxy) is 3. The van der Waals surface area contributed by atoms with E-state index in [0.29, 0.717) is 21.9 Å². The molecule has 0 saturated heterocycles. The molecule has 1 aliphatic rings. The fraction of sp³-hybridized carbons (Fsp3) is 0.167. The molecule has 140 valence electrons. The second kappa shape index (κ2) is 8.09. The molecular weight excluding hydrogens is 422 g/mol. The van der Waals surface area contributed by atoms with Crippen molar-refractivity contribution in [2.75, 3.05) is 18.7 Å². The van der Waals surface area contributed by atoms with Crippen molar-refractivity contribution < 1.29 is 33.0 Å². The molecule has 0 spiro atoms. The molecule has 0 bridgehead atoms. The number of fused-ring (bicyclic) bond motifs is 1. The van der Waals surface area contributed by atoms with Gasteiger partial charge in [0.25, 0.3) is 5.91 Å². The van der Waals surface area contributed by atoms with Gasteiger partial charge in [0.1, 0.15) is 5.76 Å². The van der Waals surface area contributed by atoms with E-state index in [1.807, 2.05) is 0 Å². The molecule has 2 aromatic rings. The summed E-state index contributed by atoms with van der Waals surface area (Å²) in [7, 11) is 0. The van der Waals surface area contributed by atoms with Gasteiger partial charge in [0.2, 0.25) is 6.79 Å². The first-order valence-corrected chi connectivity index (χ1v) is 8.56. The Kier molecular flexibility index (Phi) is 5.60. The normalized spacial score (nSPS) is 12.2. The van der Waals surface area contributed by atoms with E-state index >= 15 is 0 Å². The largest absolute Gasteiger partial charge is 0.454 e. The van der Waals surface area contributed by atoms with Gasteiger partial charge in [-0.1, -0.05) is 0 Å². The smallest absolute Gasteiger partial charge is 0.331 e. The Morgan fingerprint density at radius 2 is 1.96 bits per heavy atom. The first-order valence-electron chi connectivity index (χ1n) is 7.77. The number of rotatable bonds is 6. The minimum atomic E-state index is -0.713. The first kappa shape index (κ1) is 18.7. The van der Waals surface area contributed by atoms with Crippen molar-refractivity contribution in [3.05, 3.63) is 46.3 Å². The van der Waals surface area contributed by atoms with Crippen LogP contribution in [0.3, 0.4) is 0 Å². The van der Waals surface area contributed by atoms with Crippen molar-refractivity contribution in [1.82, 2.24) is 0 Å². The lowest BCUT2D eigenvalue weighted by Gasteiger charge is -2.10. The van der Waals surface area contributed by atoms with Crippen molar-refractivity contribution in [1.29, 1.82) is 0 Å². The van der Waals surface area contributed by atoms with Crippen LogP contribution in [-0.4, -0.2) is 31.1 Å². The van der Waals surface area contributed by atoms with Gasteiger partial charge in [0.05, 0.1) is 5.69 Å². The number of benzene rings is 1. The van der Waals surface area contributed by atoms with Crippen LogP contribution >= 0.6 is 15.9 Å². The Labute approximate surface area is 162 Å². The molecule has 27 heavy (non-hydrogen) atoms. The summed E-state index contributed by atoms with van der Waals surface area (Å²) >= 11 is 3.14. The van der Waals surface area contributed by atoms with Gasteiger partial charge in [-0.15, -0.1) is 0 Å². The third kappa shape index (κ3) is 4.76. The number of amides is 1. The van der Waals surface area contributed by atoms with Crippen LogP contribution < -0.4 is 14.8 Å². The standard InChI is InChI=1S/C18H14BrNO7/c1-10(21)12-6-14-15(26-9-25-14)7-13(12)20-17(22)8-24-18(23)5-3-11-2-4-16(19)27-11/h2-7H,8-9H2,1H3,(H,20,22)/b5-3+. The van der Waals surface area contributed by atoms with Crippen LogP contribution in [0.4, 0.5) is 5.69 Å². The van der Waals surface area contributed by atoms with Gasteiger partial charge in [0.15, 0.2) is 28.6 Å². The Bertz CT molecular complexity index is 932. The van der Waals surface area contributed by atoms with Gasteiger partial charge in [-0.2, -0.15) is 0 Å². The van der Waals surface area contributed by atoms with E-state index in [-0.39, 0.29) is 23.8 Å². The van der Waals surface area contributed by atoms with Crippen LogP contribution in [0.2, 0.25) is 0 Å². The number of carbonyl (C=O) groups is 3. The zero-order chi connectivity index (χ0) is 19.4. The van der Waals surface area contributed by atoms with Gasteiger partial charge < -0.3 is 23.9 Å². The lowest BCUT2D eigenvalue weighted by molar-refractivity contribution is -0.142. The summed E-state index contributed by atoms with van der Waals surface area (Å²) in [5, 5.41) is 2.53. The van der Waals surface area contributed by atoms with E-state index in [4.69, 9.17) is 18.6 Å². The molecule has 0 unspecified atom stereocenters. The average molecular weight is 436 g/mol. The van der Waals surface area contributed by atoms with E-state index in [9.17, 15) is 14.4 Å². The molecule has 0 atom stereocenters. The topological polar surface area (TPSA) is 104 Å². The van der Waals surface area contributed by atoms with Crippen molar-refractivity contribution in [2.45, 2.75) is 6.92 Å². The zero-order valence-corrected chi connectivity index (χ0v) is 15.7. The fourth-order valence-corrected chi connectivity index (χ4v) is 2.59. The highest BCUT2D eigenvalue weighted by atomic mass is 79.9. The number of ketones is 1. The number of esters is 1. The van der Waals surface area contributed by atoms with E-state index in [0.717, 1.165) is 6.08 Å². The molecule has 1 aromatic carbocycles. The van der Waals surface area contributed by atoms with Gasteiger partial charge in [-0.05, 0) is 47.1 Å². The Morgan fingerprint density at radius 1 is 1.22 bits per heavy atom. The molecule has 0 fully saturated rings. The van der Waals surface area contributed by atoms with Gasteiger partial charge in [-0.25, -0.2) is 4.79 Å². The van der Waals surface area contributed by atoms with E-state index in [1.165, 1.54) is 25.1 Å². The van der Waals surface area contributed by atoms with Gasteiger partial charge in [-0.3, -0.25) is 9.59 Å². The highest BCUT2D eigenvalue weighted by Crippen LogP contribution is 2.37. The highest BCUT2D eigenvalue weighted by Gasteiger charge is 2.20. The number of hydrogen-bond acceptors (Lipinski definition) is 7. The molecule has 2 heterocycles. The maximum atomic E-state index is 12.0. The van der Waals surface area contributed by atoms with Crippen LogP contribution in [-0.2, 0) is 14.3 Å². The quantitative estimate of drug-likeness (QED) is 0.422. The van der Waals surface area contributed by atoms with Gasteiger partial charge in [0, 0.05) is 17.7 Å². The minimum Gasteiger partial charge on any atom is -0.454 e. The number of furan rings is 1. The number of halogens is 1. The van der Waals surface area contributed by atoms with Gasteiger partial charge >= 0.3 is 5.97 Å². The minimum absolute atomic E-state index is 0.0419. The number of nitrogens with one attached hydrogen (secondary N) is 1. The molecule has 1 amide bonds. The summed E-state index contributed by atoms with van der Waals surface area (Å²) in [4.78, 5) is 35.5. The van der Waals surface area contributed by atoms with E-state index < -0.39 is 18.5 Å². The van der Waals surface area contributed by atoms with Crippen molar-refractivity contribution in [3.8, 4) is 11.5 Å².